The maximum absolute atomic E-state index is 15.0. The van der Waals surface area contributed by atoms with Crippen LogP contribution in [0.1, 0.15) is 97.6 Å². The fourth-order valence-corrected chi connectivity index (χ4v) is 13.3. The van der Waals surface area contributed by atoms with Crippen LogP contribution >= 0.6 is 0 Å². The number of methoxy groups -OCH3 is 3. The Morgan fingerprint density at radius 3 is 2.44 bits per heavy atom. The Morgan fingerprint density at radius 2 is 1.80 bits per heavy atom. The van der Waals surface area contributed by atoms with Crippen molar-refractivity contribution in [3.05, 3.63) is 60.3 Å². The molecule has 2 bridgehead atoms. The van der Waals surface area contributed by atoms with Crippen molar-refractivity contribution in [1.29, 1.82) is 0 Å². The van der Waals surface area contributed by atoms with Crippen LogP contribution in [-0.2, 0) is 44.4 Å². The molecule has 5 fully saturated rings. The van der Waals surface area contributed by atoms with Gasteiger partial charge in [-0.1, -0.05) is 64.1 Å². The third-order valence-electron chi connectivity index (χ3n) is 16.8. The highest BCUT2D eigenvalue weighted by Gasteiger charge is 2.74. The van der Waals surface area contributed by atoms with E-state index in [1.807, 2.05) is 63.9 Å². The zero-order chi connectivity index (χ0) is 50.3. The smallest absolute Gasteiger partial charge is 0.410 e. The SMILES string of the molecule is CC[C@H]1OC(=O)C(C)[C@@H](OC)[C@H](C)[C@H]2O[C@@H]3OC(C)CC(N(C)CCc4cn(C(CF)C(OC)c5ccc(-c6cnccn6)cc5)nn4)[C@]3(O)[C@@]2(OC)C[C@@H](C)C2NCCN3C(=O)O[C@@]1(CC)[C@H]3[C@H]2C. The minimum Gasteiger partial charge on any atom is -0.458 e. The highest BCUT2D eigenvalue weighted by atomic mass is 19.1. The molecule has 2 N–H and O–H groups in total. The van der Waals surface area contributed by atoms with Gasteiger partial charge in [-0.2, -0.15) is 0 Å². The Hall–Kier alpha value is -4.21. The van der Waals surface area contributed by atoms with Crippen LogP contribution in [0.3, 0.4) is 0 Å². The van der Waals surface area contributed by atoms with E-state index in [9.17, 15) is 14.7 Å². The van der Waals surface area contributed by atoms with Crippen molar-refractivity contribution < 1.29 is 52.2 Å². The van der Waals surface area contributed by atoms with E-state index in [0.717, 1.165) is 16.8 Å². The Labute approximate surface area is 411 Å². The van der Waals surface area contributed by atoms with Crippen LogP contribution in [-0.4, -0.2) is 172 Å². The average molecular weight is 979 g/mol. The van der Waals surface area contributed by atoms with Gasteiger partial charge in [0.05, 0.1) is 47.9 Å². The molecule has 6 unspecified atom stereocenters. The number of aliphatic hydroxyl groups is 1. The maximum atomic E-state index is 15.0. The first-order valence-corrected chi connectivity index (χ1v) is 25.2. The molecule has 0 aliphatic carbocycles. The summed E-state index contributed by atoms with van der Waals surface area (Å²) in [5, 5.41) is 26.6. The number of hydrogen-bond acceptors (Lipinski definition) is 16. The van der Waals surface area contributed by atoms with Gasteiger partial charge in [-0.15, -0.1) is 5.10 Å². The number of esters is 1. The predicted octanol–water partition coefficient (Wildman–Crippen LogP) is 5.35. The normalized spacial score (nSPS) is 37.7. The minimum atomic E-state index is -1.76. The van der Waals surface area contributed by atoms with Gasteiger partial charge in [0.25, 0.3) is 0 Å². The van der Waals surface area contributed by atoms with E-state index in [2.05, 4.69) is 44.3 Å². The summed E-state index contributed by atoms with van der Waals surface area (Å²) in [6.07, 6.45) is 4.03. The molecule has 1 amide bonds. The molecular weight excluding hydrogens is 904 g/mol. The molecule has 19 heteroatoms. The fourth-order valence-electron chi connectivity index (χ4n) is 13.3. The molecule has 2 aromatic heterocycles. The number of likely N-dealkylation sites (N-methyl/N-ethyl adjacent to an activating group) is 1. The number of aromatic nitrogens is 5. The van der Waals surface area contributed by atoms with Crippen molar-refractivity contribution in [2.24, 2.45) is 23.7 Å². The van der Waals surface area contributed by atoms with Crippen molar-refractivity contribution in [2.45, 2.75) is 158 Å². The van der Waals surface area contributed by atoms with Crippen LogP contribution in [0, 0.1) is 23.7 Å². The number of amides is 1. The van der Waals surface area contributed by atoms with Gasteiger partial charge >= 0.3 is 12.1 Å². The third-order valence-corrected chi connectivity index (χ3v) is 16.8. The molecule has 0 spiro atoms. The summed E-state index contributed by atoms with van der Waals surface area (Å²) in [7, 11) is 6.71. The number of nitrogens with one attached hydrogen (secondary N) is 1. The van der Waals surface area contributed by atoms with Crippen LogP contribution in [0.2, 0.25) is 0 Å². The lowest BCUT2D eigenvalue weighted by atomic mass is 9.63. The Balaban J connectivity index is 1.10. The highest BCUT2D eigenvalue weighted by Crippen LogP contribution is 2.56. The van der Waals surface area contributed by atoms with Gasteiger partial charge in [-0.25, -0.2) is 13.9 Å². The van der Waals surface area contributed by atoms with Gasteiger partial charge in [0, 0.05) is 89.5 Å². The van der Waals surface area contributed by atoms with Crippen molar-refractivity contribution >= 4 is 12.1 Å². The fraction of sp³-hybridized carbons (Fsp3) is 0.725. The summed E-state index contributed by atoms with van der Waals surface area (Å²) in [5.74, 6) is -2.13. The molecule has 5 saturated heterocycles. The lowest BCUT2D eigenvalue weighted by Crippen LogP contribution is -2.73. The van der Waals surface area contributed by atoms with E-state index >= 15 is 4.39 Å². The molecule has 8 rings (SSSR count). The number of carbonyl (C=O) groups excluding carboxylic acids is 2. The molecule has 0 saturated carbocycles. The lowest BCUT2D eigenvalue weighted by Gasteiger charge is -2.55. The molecule has 70 heavy (non-hydrogen) atoms. The Kier molecular flexibility index (Phi) is 15.7. The second-order valence-corrected chi connectivity index (χ2v) is 20.5. The number of ether oxygens (including phenoxy) is 7. The quantitative estimate of drug-likeness (QED) is 0.196. The maximum Gasteiger partial charge on any atom is 0.410 e. The number of benzene rings is 1. The highest BCUT2D eigenvalue weighted by molar-refractivity contribution is 5.74. The minimum absolute atomic E-state index is 0.166. The number of nitrogens with zero attached hydrogens (tertiary/aromatic N) is 7. The summed E-state index contributed by atoms with van der Waals surface area (Å²) < 4.78 is 62.0. The number of alkyl halides is 1. The second kappa shape index (κ2) is 21.1. The Morgan fingerprint density at radius 1 is 1.04 bits per heavy atom. The van der Waals surface area contributed by atoms with E-state index in [1.54, 1.807) is 53.0 Å². The standard InChI is InChI=1S/C51H75FN8O10/c1-12-40-49(13-2)44-31(5)41(55-21-23-59(44)48(62)70-49)29(3)25-50(66-11)45(32(6)42(64-9)33(7)46(61)68-40)69-47-51(50,63)39(24-30(4)67-47)58(8)22-18-36-28-60(57-56-36)38(26-52)43(65-10)35-16-14-34(15-17-35)37-27-53-19-20-54-37/h14-17,19-20,27-33,38-45,47,55,63H,12-13,18,21-26H2,1-11H3/t29-,30?,31+,32+,33?,38?,39?,40-,41?,42+,43?,44-,45-,47+,49-,50-,51-/m1/s1. The van der Waals surface area contributed by atoms with Crippen molar-refractivity contribution in [3.63, 3.8) is 0 Å². The molecule has 5 aliphatic rings. The molecule has 0 radical (unpaired) electrons. The summed E-state index contributed by atoms with van der Waals surface area (Å²) in [4.78, 5) is 40.7. The van der Waals surface area contributed by atoms with Gasteiger partial charge in [-0.3, -0.25) is 24.6 Å². The predicted molar refractivity (Wildman–Crippen MR) is 255 cm³/mol. The van der Waals surface area contributed by atoms with Gasteiger partial charge in [0.1, 0.15) is 30.5 Å². The van der Waals surface area contributed by atoms with E-state index < -0.39 is 96.2 Å². The number of fused-ring (bicyclic) bond motifs is 4. The summed E-state index contributed by atoms with van der Waals surface area (Å²) in [6, 6.07) is 5.66. The largest absolute Gasteiger partial charge is 0.458 e. The first-order valence-electron chi connectivity index (χ1n) is 25.2. The monoisotopic (exact) mass is 979 g/mol. The van der Waals surface area contributed by atoms with Gasteiger partial charge in [0.15, 0.2) is 17.5 Å². The number of hydrogen-bond donors (Lipinski definition) is 2. The van der Waals surface area contributed by atoms with Gasteiger partial charge in [-0.05, 0) is 64.0 Å². The molecule has 3 aromatic rings. The third kappa shape index (κ3) is 8.83. The lowest BCUT2D eigenvalue weighted by molar-refractivity contribution is -0.289. The van der Waals surface area contributed by atoms with Crippen LogP contribution < -0.4 is 5.32 Å². The zero-order valence-corrected chi connectivity index (χ0v) is 42.7. The van der Waals surface area contributed by atoms with Crippen LogP contribution in [0.15, 0.2) is 49.1 Å². The number of carbonyl (C=O) groups is 2. The second-order valence-electron chi connectivity index (χ2n) is 20.5. The first-order chi connectivity index (χ1) is 33.6. The molecule has 386 valence electrons. The first kappa shape index (κ1) is 52.1. The number of halogens is 1. The zero-order valence-electron chi connectivity index (χ0n) is 42.7. The molecule has 7 heterocycles. The number of cyclic esters (lactones) is 1. The van der Waals surface area contributed by atoms with E-state index in [0.29, 0.717) is 57.4 Å². The summed E-state index contributed by atoms with van der Waals surface area (Å²) in [6.45, 7) is 14.6. The summed E-state index contributed by atoms with van der Waals surface area (Å²) in [5.41, 5.74) is -1.25. The van der Waals surface area contributed by atoms with Crippen molar-refractivity contribution in [2.75, 3.05) is 54.7 Å². The molecule has 1 aromatic carbocycles. The van der Waals surface area contributed by atoms with Gasteiger partial charge < -0.3 is 43.6 Å². The van der Waals surface area contributed by atoms with Crippen molar-refractivity contribution in [3.8, 4) is 11.3 Å². The molecular formula is C51H75FN8O10. The van der Waals surface area contributed by atoms with Crippen LogP contribution in [0.4, 0.5) is 9.18 Å². The summed E-state index contributed by atoms with van der Waals surface area (Å²) >= 11 is 0. The molecule has 17 atom stereocenters. The van der Waals surface area contributed by atoms with Gasteiger partial charge in [0.2, 0.25) is 0 Å². The molecule has 18 nitrogen and oxygen atoms in total. The average Bonchev–Trinajstić information content (AvgIpc) is 3.98. The van der Waals surface area contributed by atoms with Crippen molar-refractivity contribution in [1.82, 2.24) is 40.1 Å². The van der Waals surface area contributed by atoms with E-state index in [1.165, 1.54) is 4.68 Å². The van der Waals surface area contributed by atoms with Crippen LogP contribution in [0.5, 0.6) is 0 Å². The van der Waals surface area contributed by atoms with E-state index in [4.69, 9.17) is 33.2 Å². The van der Waals surface area contributed by atoms with E-state index in [-0.39, 0.29) is 24.0 Å². The molecule has 5 aliphatic heterocycles. The van der Waals surface area contributed by atoms with Crippen LogP contribution in [0.25, 0.3) is 11.3 Å². The Bertz CT molecular complexity index is 2250. The topological polar surface area (TPSA) is 194 Å². The number of rotatable bonds is 14.